The van der Waals surface area contributed by atoms with Gasteiger partial charge in [-0.15, -0.1) is 0 Å². The van der Waals surface area contributed by atoms with Crippen LogP contribution in [-0.4, -0.2) is 37.6 Å². The number of ether oxygens (including phenoxy) is 1. The van der Waals surface area contributed by atoms with Gasteiger partial charge in [0.05, 0.1) is 22.9 Å². The minimum atomic E-state index is -0.151. The first-order valence-electron chi connectivity index (χ1n) is 5.45. The molecule has 0 saturated carbocycles. The Morgan fingerprint density at radius 2 is 2.24 bits per heavy atom. The molecule has 1 aromatic carbocycles. The molecular formula is C12H17ClN2O2. The molecule has 0 aliphatic heterocycles. The highest BCUT2D eigenvalue weighted by molar-refractivity contribution is 6.36. The van der Waals surface area contributed by atoms with Crippen molar-refractivity contribution in [2.45, 2.75) is 6.92 Å². The maximum absolute atomic E-state index is 12.0. The summed E-state index contributed by atoms with van der Waals surface area (Å²) in [4.78, 5) is 13.6. The van der Waals surface area contributed by atoms with E-state index in [1.807, 2.05) is 6.92 Å². The van der Waals surface area contributed by atoms with Gasteiger partial charge in [0.2, 0.25) is 0 Å². The molecule has 0 aromatic heterocycles. The summed E-state index contributed by atoms with van der Waals surface area (Å²) < 4.78 is 5.19. The summed E-state index contributed by atoms with van der Waals surface area (Å²) >= 11 is 5.99. The van der Waals surface area contributed by atoms with Crippen LogP contribution in [0.4, 0.5) is 5.69 Å². The van der Waals surface area contributed by atoms with Crippen molar-refractivity contribution >= 4 is 23.2 Å². The van der Waals surface area contributed by atoms with Gasteiger partial charge in [-0.3, -0.25) is 4.79 Å². The number of hydrogen-bond donors (Lipinski definition) is 1. The van der Waals surface area contributed by atoms with Crippen molar-refractivity contribution in [2.24, 2.45) is 0 Å². The third-order valence-corrected chi connectivity index (χ3v) is 2.80. The van der Waals surface area contributed by atoms with E-state index in [0.717, 1.165) is 0 Å². The van der Waals surface area contributed by atoms with Crippen LogP contribution in [0.15, 0.2) is 18.2 Å². The fourth-order valence-electron chi connectivity index (χ4n) is 1.37. The van der Waals surface area contributed by atoms with Gasteiger partial charge >= 0.3 is 0 Å². The van der Waals surface area contributed by atoms with E-state index in [1.54, 1.807) is 30.1 Å². The third-order valence-electron chi connectivity index (χ3n) is 2.38. The molecule has 0 spiro atoms. The Balaban J connectivity index is 2.71. The Labute approximate surface area is 106 Å². The van der Waals surface area contributed by atoms with Crippen LogP contribution < -0.4 is 5.73 Å². The van der Waals surface area contributed by atoms with Crippen LogP contribution in [0.25, 0.3) is 0 Å². The Bertz CT molecular complexity index is 396. The van der Waals surface area contributed by atoms with Gasteiger partial charge in [0.15, 0.2) is 0 Å². The van der Waals surface area contributed by atoms with E-state index in [2.05, 4.69) is 0 Å². The first-order valence-corrected chi connectivity index (χ1v) is 5.83. The molecule has 0 saturated heterocycles. The molecule has 4 nitrogen and oxygen atoms in total. The van der Waals surface area contributed by atoms with Crippen molar-refractivity contribution < 1.29 is 9.53 Å². The Hall–Kier alpha value is -1.26. The van der Waals surface area contributed by atoms with Crippen LogP contribution in [0.3, 0.4) is 0 Å². The zero-order valence-corrected chi connectivity index (χ0v) is 10.8. The van der Waals surface area contributed by atoms with Gasteiger partial charge in [0, 0.05) is 20.2 Å². The van der Waals surface area contributed by atoms with E-state index >= 15 is 0 Å². The smallest absolute Gasteiger partial charge is 0.255 e. The van der Waals surface area contributed by atoms with E-state index in [-0.39, 0.29) is 5.91 Å². The van der Waals surface area contributed by atoms with Crippen LogP contribution in [0, 0.1) is 0 Å². The van der Waals surface area contributed by atoms with E-state index in [4.69, 9.17) is 22.1 Å². The zero-order chi connectivity index (χ0) is 12.8. The summed E-state index contributed by atoms with van der Waals surface area (Å²) in [6.45, 7) is 3.59. The average Bonchev–Trinajstić information content (AvgIpc) is 2.32. The summed E-state index contributed by atoms with van der Waals surface area (Å²) in [6.07, 6.45) is 0. The van der Waals surface area contributed by atoms with Gasteiger partial charge in [-0.05, 0) is 19.1 Å². The number of rotatable bonds is 5. The standard InChI is InChI=1S/C12H17ClN2O2/c1-3-17-8-7-15(2)12(16)9-5-4-6-10(14)11(9)13/h4-6H,3,7-8,14H2,1-2H3. The van der Waals surface area contributed by atoms with Crippen molar-refractivity contribution in [3.05, 3.63) is 28.8 Å². The number of carbonyl (C=O) groups excluding carboxylic acids is 1. The van der Waals surface area contributed by atoms with Crippen molar-refractivity contribution in [3.63, 3.8) is 0 Å². The molecule has 2 N–H and O–H groups in total. The Morgan fingerprint density at radius 3 is 2.88 bits per heavy atom. The molecule has 0 heterocycles. The van der Waals surface area contributed by atoms with Gasteiger partial charge in [0.1, 0.15) is 0 Å². The van der Waals surface area contributed by atoms with Crippen LogP contribution in [0.2, 0.25) is 5.02 Å². The zero-order valence-electron chi connectivity index (χ0n) is 10.1. The van der Waals surface area contributed by atoms with E-state index < -0.39 is 0 Å². The summed E-state index contributed by atoms with van der Waals surface area (Å²) in [5, 5.41) is 0.306. The topological polar surface area (TPSA) is 55.6 Å². The minimum Gasteiger partial charge on any atom is -0.398 e. The van der Waals surface area contributed by atoms with Crippen molar-refractivity contribution in [1.82, 2.24) is 4.90 Å². The molecule has 0 aliphatic carbocycles. The van der Waals surface area contributed by atoms with E-state index in [1.165, 1.54) is 0 Å². The molecule has 0 aliphatic rings. The van der Waals surface area contributed by atoms with Crippen molar-refractivity contribution in [2.75, 3.05) is 32.5 Å². The fraction of sp³-hybridized carbons (Fsp3) is 0.417. The third kappa shape index (κ3) is 3.61. The lowest BCUT2D eigenvalue weighted by atomic mass is 10.2. The number of nitrogens with zero attached hydrogens (tertiary/aromatic N) is 1. The molecule has 94 valence electrons. The molecule has 0 unspecified atom stereocenters. The molecule has 1 amide bonds. The molecule has 0 atom stereocenters. The van der Waals surface area contributed by atoms with Crippen molar-refractivity contribution in [3.8, 4) is 0 Å². The lowest BCUT2D eigenvalue weighted by Crippen LogP contribution is -2.30. The molecular weight excluding hydrogens is 240 g/mol. The Morgan fingerprint density at radius 1 is 1.53 bits per heavy atom. The quantitative estimate of drug-likeness (QED) is 0.648. The Kier molecular flexibility index (Phi) is 5.25. The molecule has 0 radical (unpaired) electrons. The highest BCUT2D eigenvalue weighted by Crippen LogP contribution is 2.23. The number of likely N-dealkylation sites (N-methyl/N-ethyl adjacent to an activating group) is 1. The highest BCUT2D eigenvalue weighted by atomic mass is 35.5. The SMILES string of the molecule is CCOCCN(C)C(=O)c1cccc(N)c1Cl. The van der Waals surface area contributed by atoms with Gasteiger partial charge < -0.3 is 15.4 Å². The summed E-state index contributed by atoms with van der Waals surface area (Å²) in [7, 11) is 1.71. The largest absolute Gasteiger partial charge is 0.398 e. The summed E-state index contributed by atoms with van der Waals surface area (Å²) in [5.41, 5.74) is 6.49. The number of halogens is 1. The predicted octanol–water partition coefficient (Wildman–Crippen LogP) is 2.03. The normalized spacial score (nSPS) is 10.3. The number of amides is 1. The number of anilines is 1. The molecule has 0 bridgehead atoms. The first kappa shape index (κ1) is 13.8. The fourth-order valence-corrected chi connectivity index (χ4v) is 1.57. The van der Waals surface area contributed by atoms with Crippen LogP contribution in [-0.2, 0) is 4.74 Å². The van der Waals surface area contributed by atoms with Gasteiger partial charge in [-0.25, -0.2) is 0 Å². The van der Waals surface area contributed by atoms with Gasteiger partial charge in [-0.2, -0.15) is 0 Å². The van der Waals surface area contributed by atoms with Crippen LogP contribution in [0.1, 0.15) is 17.3 Å². The van der Waals surface area contributed by atoms with Crippen LogP contribution >= 0.6 is 11.6 Å². The molecule has 1 rings (SSSR count). The van der Waals surface area contributed by atoms with E-state index in [9.17, 15) is 4.79 Å². The minimum absolute atomic E-state index is 0.151. The van der Waals surface area contributed by atoms with E-state index in [0.29, 0.717) is 36.0 Å². The number of carbonyl (C=O) groups is 1. The monoisotopic (exact) mass is 256 g/mol. The number of hydrogen-bond acceptors (Lipinski definition) is 3. The number of nitrogen functional groups attached to an aromatic ring is 1. The first-order chi connectivity index (χ1) is 8.07. The van der Waals surface area contributed by atoms with Gasteiger partial charge in [0.25, 0.3) is 5.91 Å². The second-order valence-corrected chi connectivity index (χ2v) is 4.01. The molecule has 0 fully saturated rings. The molecule has 17 heavy (non-hydrogen) atoms. The highest BCUT2D eigenvalue weighted by Gasteiger charge is 2.15. The maximum Gasteiger partial charge on any atom is 0.255 e. The average molecular weight is 257 g/mol. The lowest BCUT2D eigenvalue weighted by molar-refractivity contribution is 0.0710. The van der Waals surface area contributed by atoms with Crippen molar-refractivity contribution in [1.29, 1.82) is 0 Å². The maximum atomic E-state index is 12.0. The molecule has 5 heteroatoms. The molecule has 1 aromatic rings. The van der Waals surface area contributed by atoms with Gasteiger partial charge in [-0.1, -0.05) is 17.7 Å². The second-order valence-electron chi connectivity index (χ2n) is 3.63. The number of benzene rings is 1. The second kappa shape index (κ2) is 6.47. The number of nitrogens with two attached hydrogens (primary N) is 1. The summed E-state index contributed by atoms with van der Waals surface area (Å²) in [6, 6.07) is 5.04. The van der Waals surface area contributed by atoms with Crippen LogP contribution in [0.5, 0.6) is 0 Å². The lowest BCUT2D eigenvalue weighted by Gasteiger charge is -2.18. The predicted molar refractivity (Wildman–Crippen MR) is 69.3 cm³/mol. The summed E-state index contributed by atoms with van der Waals surface area (Å²) in [5.74, 6) is -0.151.